The number of carbonyl (C=O) groups is 2. The van der Waals surface area contributed by atoms with E-state index in [1.807, 2.05) is 0 Å². The molecule has 1 aromatic carbocycles. The maximum Gasteiger partial charge on any atom is 0.416 e. The molecular formula is C12H11F3O4. The maximum atomic E-state index is 12.5. The standard InChI is InChI=1S/C12H11F3O4/c13-12(14,15)9-3-1-2-7(5-9)4-8(11(18)19)6-10(16)17/h1-3,5,8H,4,6H2,(H,16,17)(H,18,19)/t8-/m0/s1. The minimum absolute atomic E-state index is 0.142. The Morgan fingerprint density at radius 1 is 1.21 bits per heavy atom. The van der Waals surface area contributed by atoms with Crippen LogP contribution in [0.3, 0.4) is 0 Å². The highest BCUT2D eigenvalue weighted by molar-refractivity contribution is 5.78. The van der Waals surface area contributed by atoms with Gasteiger partial charge in [-0.25, -0.2) is 0 Å². The van der Waals surface area contributed by atoms with Gasteiger partial charge in [0, 0.05) is 0 Å². The van der Waals surface area contributed by atoms with E-state index in [2.05, 4.69) is 0 Å². The second-order valence-corrected chi connectivity index (χ2v) is 4.04. The van der Waals surface area contributed by atoms with Crippen molar-refractivity contribution in [1.82, 2.24) is 0 Å². The SMILES string of the molecule is O=C(O)C[C@H](Cc1cccc(C(F)(F)F)c1)C(=O)O. The van der Waals surface area contributed by atoms with E-state index in [0.29, 0.717) is 0 Å². The van der Waals surface area contributed by atoms with Crippen molar-refractivity contribution in [3.63, 3.8) is 0 Å². The van der Waals surface area contributed by atoms with Gasteiger partial charge in [-0.2, -0.15) is 13.2 Å². The predicted octanol–water partition coefficient (Wildman–Crippen LogP) is 2.42. The van der Waals surface area contributed by atoms with Gasteiger partial charge in [0.25, 0.3) is 0 Å². The highest BCUT2D eigenvalue weighted by atomic mass is 19.4. The number of hydrogen-bond acceptors (Lipinski definition) is 2. The Morgan fingerprint density at radius 3 is 2.32 bits per heavy atom. The first-order valence-electron chi connectivity index (χ1n) is 5.31. The van der Waals surface area contributed by atoms with Crippen LogP contribution in [0, 0.1) is 5.92 Å². The Bertz CT molecular complexity index is 482. The van der Waals surface area contributed by atoms with E-state index in [9.17, 15) is 22.8 Å². The minimum atomic E-state index is -4.51. The van der Waals surface area contributed by atoms with Crippen LogP contribution in [-0.2, 0) is 22.2 Å². The number of hydrogen-bond donors (Lipinski definition) is 2. The van der Waals surface area contributed by atoms with Crippen LogP contribution in [0.25, 0.3) is 0 Å². The fourth-order valence-electron chi connectivity index (χ4n) is 1.62. The third kappa shape index (κ3) is 4.61. The highest BCUT2D eigenvalue weighted by Crippen LogP contribution is 2.30. The molecule has 104 valence electrons. The lowest BCUT2D eigenvalue weighted by Gasteiger charge is -2.12. The molecule has 1 aromatic rings. The summed E-state index contributed by atoms with van der Waals surface area (Å²) in [5.74, 6) is -3.90. The van der Waals surface area contributed by atoms with Gasteiger partial charge in [0.15, 0.2) is 0 Å². The van der Waals surface area contributed by atoms with Gasteiger partial charge in [0.1, 0.15) is 0 Å². The molecule has 0 aromatic heterocycles. The topological polar surface area (TPSA) is 74.6 Å². The van der Waals surface area contributed by atoms with E-state index < -0.39 is 36.0 Å². The molecule has 0 saturated carbocycles. The smallest absolute Gasteiger partial charge is 0.416 e. The van der Waals surface area contributed by atoms with E-state index in [1.165, 1.54) is 6.07 Å². The van der Waals surface area contributed by atoms with E-state index in [1.54, 1.807) is 0 Å². The Kier molecular flexibility index (Phi) is 4.52. The molecule has 0 fully saturated rings. The fourth-order valence-corrected chi connectivity index (χ4v) is 1.62. The normalized spacial score (nSPS) is 13.0. The van der Waals surface area contributed by atoms with Crippen LogP contribution in [0.5, 0.6) is 0 Å². The Morgan fingerprint density at radius 2 is 1.84 bits per heavy atom. The number of alkyl halides is 3. The number of carboxylic acids is 2. The average Bonchev–Trinajstić information content (AvgIpc) is 2.26. The third-order valence-corrected chi connectivity index (χ3v) is 2.51. The molecule has 0 amide bonds. The summed E-state index contributed by atoms with van der Waals surface area (Å²) in [6.45, 7) is 0. The van der Waals surface area contributed by atoms with Crippen LogP contribution in [-0.4, -0.2) is 22.2 Å². The van der Waals surface area contributed by atoms with Gasteiger partial charge >= 0.3 is 18.1 Å². The number of rotatable bonds is 5. The lowest BCUT2D eigenvalue weighted by molar-refractivity contribution is -0.148. The van der Waals surface area contributed by atoms with Crippen LogP contribution < -0.4 is 0 Å². The maximum absolute atomic E-state index is 12.5. The van der Waals surface area contributed by atoms with Crippen molar-refractivity contribution in [1.29, 1.82) is 0 Å². The van der Waals surface area contributed by atoms with Gasteiger partial charge in [0.05, 0.1) is 17.9 Å². The molecule has 0 aliphatic carbocycles. The second kappa shape index (κ2) is 5.73. The van der Waals surface area contributed by atoms with Gasteiger partial charge in [-0.3, -0.25) is 9.59 Å². The quantitative estimate of drug-likeness (QED) is 0.866. The van der Waals surface area contributed by atoms with Crippen molar-refractivity contribution < 1.29 is 33.0 Å². The monoisotopic (exact) mass is 276 g/mol. The van der Waals surface area contributed by atoms with Gasteiger partial charge in [-0.1, -0.05) is 18.2 Å². The summed E-state index contributed by atoms with van der Waals surface area (Å²) in [6.07, 6.45) is -5.40. The number of carboxylic acid groups (broad SMARTS) is 2. The first-order valence-corrected chi connectivity index (χ1v) is 5.31. The number of benzene rings is 1. The summed E-state index contributed by atoms with van der Waals surface area (Å²) >= 11 is 0. The summed E-state index contributed by atoms with van der Waals surface area (Å²) in [6, 6.07) is 4.21. The molecule has 7 heteroatoms. The molecule has 1 rings (SSSR count). The van der Waals surface area contributed by atoms with E-state index in [0.717, 1.165) is 18.2 Å². The van der Waals surface area contributed by atoms with Gasteiger partial charge in [-0.15, -0.1) is 0 Å². The van der Waals surface area contributed by atoms with Crippen LogP contribution in [0.15, 0.2) is 24.3 Å². The first-order chi connectivity index (χ1) is 8.70. The molecule has 0 radical (unpaired) electrons. The van der Waals surface area contributed by atoms with Crippen molar-refractivity contribution >= 4 is 11.9 Å². The van der Waals surface area contributed by atoms with Crippen molar-refractivity contribution in [2.24, 2.45) is 5.92 Å². The predicted molar refractivity (Wildman–Crippen MR) is 58.5 cm³/mol. The molecule has 2 N–H and O–H groups in total. The molecule has 1 atom stereocenters. The minimum Gasteiger partial charge on any atom is -0.481 e. The van der Waals surface area contributed by atoms with Crippen molar-refractivity contribution in [2.75, 3.05) is 0 Å². The Hall–Kier alpha value is -2.05. The molecule has 0 spiro atoms. The number of halogens is 3. The molecule has 4 nitrogen and oxygen atoms in total. The van der Waals surface area contributed by atoms with Crippen molar-refractivity contribution in [2.45, 2.75) is 19.0 Å². The molecular weight excluding hydrogens is 265 g/mol. The summed E-state index contributed by atoms with van der Waals surface area (Å²) < 4.78 is 37.4. The molecule has 0 aliphatic heterocycles. The molecule has 0 bridgehead atoms. The van der Waals surface area contributed by atoms with Gasteiger partial charge in [0.2, 0.25) is 0 Å². The van der Waals surface area contributed by atoms with Gasteiger partial charge in [-0.05, 0) is 18.1 Å². The zero-order valence-corrected chi connectivity index (χ0v) is 9.65. The largest absolute Gasteiger partial charge is 0.481 e. The van der Waals surface area contributed by atoms with Crippen LogP contribution in [0.1, 0.15) is 17.5 Å². The van der Waals surface area contributed by atoms with Crippen LogP contribution in [0.4, 0.5) is 13.2 Å². The number of aliphatic carboxylic acids is 2. The lowest BCUT2D eigenvalue weighted by atomic mass is 9.95. The summed E-state index contributed by atoms with van der Waals surface area (Å²) in [4.78, 5) is 21.3. The summed E-state index contributed by atoms with van der Waals surface area (Å²) in [5.41, 5.74) is -0.743. The lowest BCUT2D eigenvalue weighted by Crippen LogP contribution is -2.20. The molecule has 0 saturated heterocycles. The van der Waals surface area contributed by atoms with Crippen molar-refractivity contribution in [3.8, 4) is 0 Å². The summed E-state index contributed by atoms with van der Waals surface area (Å²) in [7, 11) is 0. The fraction of sp³-hybridized carbons (Fsp3) is 0.333. The zero-order valence-electron chi connectivity index (χ0n) is 9.65. The summed E-state index contributed by atoms with van der Waals surface area (Å²) in [5, 5.41) is 17.4. The highest BCUT2D eigenvalue weighted by Gasteiger charge is 2.31. The Labute approximate surface area is 106 Å². The average molecular weight is 276 g/mol. The van der Waals surface area contributed by atoms with E-state index >= 15 is 0 Å². The zero-order chi connectivity index (χ0) is 14.6. The van der Waals surface area contributed by atoms with Crippen molar-refractivity contribution in [3.05, 3.63) is 35.4 Å². The molecule has 0 heterocycles. The molecule has 19 heavy (non-hydrogen) atoms. The van der Waals surface area contributed by atoms with Gasteiger partial charge < -0.3 is 10.2 Å². The second-order valence-electron chi connectivity index (χ2n) is 4.04. The third-order valence-electron chi connectivity index (χ3n) is 2.51. The molecule has 0 aliphatic rings. The van der Waals surface area contributed by atoms with Crippen LogP contribution in [0.2, 0.25) is 0 Å². The van der Waals surface area contributed by atoms with E-state index in [4.69, 9.17) is 10.2 Å². The molecule has 0 unspecified atom stereocenters. The van der Waals surface area contributed by atoms with Crippen LogP contribution >= 0.6 is 0 Å². The van der Waals surface area contributed by atoms with E-state index in [-0.39, 0.29) is 12.0 Å². The Balaban J connectivity index is 2.91. The first kappa shape index (κ1) is 15.0.